The van der Waals surface area contributed by atoms with Crippen molar-refractivity contribution in [3.63, 3.8) is 0 Å². The summed E-state index contributed by atoms with van der Waals surface area (Å²) in [5.74, 6) is -1.04. The molecule has 0 saturated heterocycles. The fourth-order valence-corrected chi connectivity index (χ4v) is 2.95. The van der Waals surface area contributed by atoms with E-state index < -0.39 is 35.0 Å². The van der Waals surface area contributed by atoms with Crippen LogP contribution in [0.4, 0.5) is 23.5 Å². The lowest BCUT2D eigenvalue weighted by Crippen LogP contribution is -2.31. The van der Waals surface area contributed by atoms with Crippen molar-refractivity contribution < 1.29 is 35.1 Å². The van der Waals surface area contributed by atoms with E-state index in [0.29, 0.717) is 5.56 Å². The summed E-state index contributed by atoms with van der Waals surface area (Å²) in [7, 11) is -3.53. The summed E-state index contributed by atoms with van der Waals surface area (Å²) in [6, 6.07) is 4.86. The van der Waals surface area contributed by atoms with Crippen molar-refractivity contribution in [1.29, 1.82) is 0 Å². The van der Waals surface area contributed by atoms with Crippen LogP contribution in [0.5, 0.6) is 5.75 Å². The standard InChI is InChI=1S/C17H16F4N6O4S/c1-32(28,29)24-8-12(9-2-4-11(5-3-9)30-16(20)21)25-17-22-6-10(7-23-17)14-26-27-15(31-14)13(18)19/h2-7,12-13,16,24H,8H2,1H3,(H,22,23,25)/t12-/m0/s1. The summed E-state index contributed by atoms with van der Waals surface area (Å²) in [6.45, 7) is -3.09. The first-order valence-electron chi connectivity index (χ1n) is 8.80. The van der Waals surface area contributed by atoms with Crippen molar-refractivity contribution in [2.24, 2.45) is 0 Å². The Balaban J connectivity index is 1.77. The number of nitrogens with one attached hydrogen (secondary N) is 2. The molecular formula is C17H16F4N6O4S. The van der Waals surface area contributed by atoms with E-state index in [1.54, 1.807) is 0 Å². The predicted molar refractivity (Wildman–Crippen MR) is 103 cm³/mol. The first-order valence-corrected chi connectivity index (χ1v) is 10.7. The lowest BCUT2D eigenvalue weighted by Gasteiger charge is -2.19. The van der Waals surface area contributed by atoms with Gasteiger partial charge in [-0.3, -0.25) is 0 Å². The Labute approximate surface area is 179 Å². The SMILES string of the molecule is CS(=O)(=O)NC[C@H](Nc1ncc(-c2nnc(C(F)F)o2)cn1)c1ccc(OC(F)F)cc1. The summed E-state index contributed by atoms with van der Waals surface area (Å²) in [5, 5.41) is 9.61. The molecule has 0 aliphatic heterocycles. The van der Waals surface area contributed by atoms with Gasteiger partial charge in [0.1, 0.15) is 5.75 Å². The Bertz CT molecular complexity index is 1130. The quantitative estimate of drug-likeness (QED) is 0.424. The first-order chi connectivity index (χ1) is 15.1. The highest BCUT2D eigenvalue weighted by atomic mass is 32.2. The number of hydrogen-bond donors (Lipinski definition) is 2. The van der Waals surface area contributed by atoms with Crippen LogP contribution in [-0.2, 0) is 10.0 Å². The number of halogens is 4. The van der Waals surface area contributed by atoms with E-state index in [9.17, 15) is 26.0 Å². The van der Waals surface area contributed by atoms with Gasteiger partial charge in [-0.15, -0.1) is 10.2 Å². The van der Waals surface area contributed by atoms with Gasteiger partial charge in [0.2, 0.25) is 16.0 Å². The zero-order valence-electron chi connectivity index (χ0n) is 16.2. The van der Waals surface area contributed by atoms with Crippen LogP contribution in [0.25, 0.3) is 11.5 Å². The van der Waals surface area contributed by atoms with Gasteiger partial charge in [0.05, 0.1) is 17.9 Å². The van der Waals surface area contributed by atoms with Crippen molar-refractivity contribution in [3.05, 3.63) is 48.1 Å². The Morgan fingerprint density at radius 1 is 1.06 bits per heavy atom. The molecule has 2 N–H and O–H groups in total. The third-order valence-electron chi connectivity index (χ3n) is 3.89. The zero-order chi connectivity index (χ0) is 23.3. The minimum atomic E-state index is -3.53. The number of hydrogen-bond acceptors (Lipinski definition) is 9. The molecule has 0 spiro atoms. The highest BCUT2D eigenvalue weighted by Crippen LogP contribution is 2.24. The van der Waals surface area contributed by atoms with E-state index >= 15 is 0 Å². The molecule has 0 bridgehead atoms. The summed E-state index contributed by atoms with van der Waals surface area (Å²) in [4.78, 5) is 8.07. The monoisotopic (exact) mass is 476 g/mol. The summed E-state index contributed by atoms with van der Waals surface area (Å²) >= 11 is 0. The third-order valence-corrected chi connectivity index (χ3v) is 4.58. The topological polar surface area (TPSA) is 132 Å². The van der Waals surface area contributed by atoms with Crippen LogP contribution in [0.3, 0.4) is 0 Å². The number of ether oxygens (including phenoxy) is 1. The maximum absolute atomic E-state index is 12.6. The Hall–Kier alpha value is -3.33. The van der Waals surface area contributed by atoms with E-state index in [-0.39, 0.29) is 29.7 Å². The maximum atomic E-state index is 12.6. The molecule has 0 radical (unpaired) electrons. The fraction of sp³-hybridized carbons (Fsp3) is 0.294. The van der Waals surface area contributed by atoms with Crippen molar-refractivity contribution >= 4 is 16.0 Å². The molecule has 2 heterocycles. The Morgan fingerprint density at radius 2 is 1.72 bits per heavy atom. The van der Waals surface area contributed by atoms with E-state index in [2.05, 4.69) is 34.9 Å². The van der Waals surface area contributed by atoms with E-state index in [4.69, 9.17) is 4.42 Å². The van der Waals surface area contributed by atoms with Crippen molar-refractivity contribution in [3.8, 4) is 17.2 Å². The van der Waals surface area contributed by atoms with E-state index in [0.717, 1.165) is 6.26 Å². The van der Waals surface area contributed by atoms with Gasteiger partial charge in [-0.1, -0.05) is 12.1 Å². The molecule has 3 aromatic rings. The molecule has 0 saturated carbocycles. The van der Waals surface area contributed by atoms with Gasteiger partial charge in [0.25, 0.3) is 11.8 Å². The second-order valence-electron chi connectivity index (χ2n) is 6.31. The van der Waals surface area contributed by atoms with Gasteiger partial charge in [0.15, 0.2) is 0 Å². The molecule has 32 heavy (non-hydrogen) atoms. The molecule has 3 rings (SSSR count). The van der Waals surface area contributed by atoms with Gasteiger partial charge in [-0.05, 0) is 17.7 Å². The van der Waals surface area contributed by atoms with Gasteiger partial charge < -0.3 is 14.5 Å². The normalized spacial score (nSPS) is 12.8. The number of sulfonamides is 1. The van der Waals surface area contributed by atoms with Crippen molar-refractivity contribution in [2.45, 2.75) is 19.1 Å². The van der Waals surface area contributed by atoms with Crippen LogP contribution in [0.1, 0.15) is 23.9 Å². The number of nitrogens with zero attached hydrogens (tertiary/aromatic N) is 4. The molecule has 0 unspecified atom stereocenters. The first kappa shape index (κ1) is 23.3. The van der Waals surface area contributed by atoms with Crippen LogP contribution >= 0.6 is 0 Å². The van der Waals surface area contributed by atoms with Gasteiger partial charge in [-0.2, -0.15) is 17.6 Å². The van der Waals surface area contributed by atoms with Gasteiger partial charge in [0, 0.05) is 18.9 Å². The molecule has 10 nitrogen and oxygen atoms in total. The highest BCUT2D eigenvalue weighted by Gasteiger charge is 2.19. The van der Waals surface area contributed by atoms with Crippen LogP contribution < -0.4 is 14.8 Å². The van der Waals surface area contributed by atoms with Gasteiger partial charge in [-0.25, -0.2) is 23.1 Å². The van der Waals surface area contributed by atoms with Crippen LogP contribution in [-0.4, -0.2) is 48.0 Å². The molecule has 0 fully saturated rings. The molecule has 0 aliphatic carbocycles. The van der Waals surface area contributed by atoms with E-state index in [1.165, 1.54) is 36.7 Å². The largest absolute Gasteiger partial charge is 0.435 e. The lowest BCUT2D eigenvalue weighted by atomic mass is 10.1. The molecule has 1 atom stereocenters. The smallest absolute Gasteiger partial charge is 0.387 e. The van der Waals surface area contributed by atoms with Crippen molar-refractivity contribution in [1.82, 2.24) is 24.9 Å². The number of anilines is 1. The highest BCUT2D eigenvalue weighted by molar-refractivity contribution is 7.88. The van der Waals surface area contributed by atoms with Crippen LogP contribution in [0.15, 0.2) is 41.1 Å². The molecule has 2 aromatic heterocycles. The summed E-state index contributed by atoms with van der Waals surface area (Å²) in [6.07, 6.45) is 0.559. The van der Waals surface area contributed by atoms with Gasteiger partial charge >= 0.3 is 13.0 Å². The van der Waals surface area contributed by atoms with E-state index in [1.807, 2.05) is 0 Å². The van der Waals surface area contributed by atoms with Crippen molar-refractivity contribution in [2.75, 3.05) is 18.1 Å². The number of alkyl halides is 4. The van der Waals surface area contributed by atoms with Crippen LogP contribution in [0, 0.1) is 0 Å². The molecule has 172 valence electrons. The average molecular weight is 476 g/mol. The number of benzene rings is 1. The number of aromatic nitrogens is 4. The lowest BCUT2D eigenvalue weighted by molar-refractivity contribution is -0.0498. The molecule has 0 amide bonds. The average Bonchev–Trinajstić information content (AvgIpc) is 3.22. The fourth-order valence-electron chi connectivity index (χ4n) is 2.48. The second-order valence-corrected chi connectivity index (χ2v) is 8.14. The third kappa shape index (κ3) is 6.58. The van der Waals surface area contributed by atoms with Crippen LogP contribution in [0.2, 0.25) is 0 Å². The number of rotatable bonds is 10. The maximum Gasteiger partial charge on any atom is 0.387 e. The second kappa shape index (κ2) is 9.86. The minimum Gasteiger partial charge on any atom is -0.435 e. The Morgan fingerprint density at radius 3 is 2.25 bits per heavy atom. The zero-order valence-corrected chi connectivity index (χ0v) is 17.1. The minimum absolute atomic E-state index is 0.0653. The summed E-state index contributed by atoms with van der Waals surface area (Å²) in [5.41, 5.74) is 0.711. The molecule has 15 heteroatoms. The molecule has 0 aliphatic rings. The predicted octanol–water partition coefficient (Wildman–Crippen LogP) is 2.77. The molecule has 1 aromatic carbocycles. The summed E-state index contributed by atoms with van der Waals surface area (Å²) < 4.78 is 84.3. The Kier molecular flexibility index (Phi) is 7.19. The molecular weight excluding hydrogens is 460 g/mol.